The zero-order chi connectivity index (χ0) is 20.7. The van der Waals surface area contributed by atoms with Crippen LogP contribution in [0.4, 0.5) is 10.1 Å². The summed E-state index contributed by atoms with van der Waals surface area (Å²) in [6, 6.07) is 4.10. The number of aromatic nitrogens is 2. The molecular formula is C21H24ClFN4O2. The van der Waals surface area contributed by atoms with E-state index in [0.29, 0.717) is 35.6 Å². The van der Waals surface area contributed by atoms with Gasteiger partial charge in [-0.1, -0.05) is 11.6 Å². The Bertz CT molecular complexity index is 946. The number of nitrogens with one attached hydrogen (secondary N) is 1. The maximum absolute atomic E-state index is 13.4. The van der Waals surface area contributed by atoms with E-state index < -0.39 is 5.82 Å². The normalized spacial score (nSPS) is 25.8. The van der Waals surface area contributed by atoms with Crippen LogP contribution in [-0.4, -0.2) is 21.4 Å². The molecule has 2 aliphatic rings. The van der Waals surface area contributed by atoms with Crippen LogP contribution in [0, 0.1) is 23.6 Å². The molecule has 2 amide bonds. The van der Waals surface area contributed by atoms with Crippen LogP contribution in [-0.2, 0) is 11.8 Å². The first-order chi connectivity index (χ1) is 13.8. The predicted octanol–water partition coefficient (Wildman–Crippen LogP) is 3.86. The number of halogens is 2. The molecule has 1 heterocycles. The molecule has 1 aromatic carbocycles. The van der Waals surface area contributed by atoms with E-state index in [1.54, 1.807) is 17.9 Å². The second-order valence-electron chi connectivity index (χ2n) is 8.37. The average molecular weight is 419 g/mol. The van der Waals surface area contributed by atoms with Gasteiger partial charge >= 0.3 is 0 Å². The van der Waals surface area contributed by atoms with Gasteiger partial charge in [-0.25, -0.2) is 9.37 Å². The fourth-order valence-corrected chi connectivity index (χ4v) is 5.38. The Kier molecular flexibility index (Phi) is 5.34. The smallest absolute Gasteiger partial charge is 0.274 e. The van der Waals surface area contributed by atoms with Crippen LogP contribution in [0.25, 0.3) is 0 Å². The Morgan fingerprint density at radius 1 is 1.28 bits per heavy atom. The third-order valence-corrected chi connectivity index (χ3v) is 6.64. The number of fused-ring (bicyclic) bond motifs is 1. The highest BCUT2D eigenvalue weighted by Gasteiger charge is 2.43. The number of nitrogens with zero attached hydrogens (tertiary/aromatic N) is 2. The number of benzene rings is 1. The van der Waals surface area contributed by atoms with E-state index in [1.165, 1.54) is 18.2 Å². The highest BCUT2D eigenvalue weighted by atomic mass is 35.5. The summed E-state index contributed by atoms with van der Waals surface area (Å²) in [4.78, 5) is 28.7. The summed E-state index contributed by atoms with van der Waals surface area (Å²) in [6.45, 7) is 0. The number of imidazole rings is 1. The summed E-state index contributed by atoms with van der Waals surface area (Å²) >= 11 is 5.81. The van der Waals surface area contributed by atoms with Crippen LogP contribution in [0.1, 0.15) is 54.2 Å². The number of amides is 2. The minimum atomic E-state index is -0.530. The second-order valence-corrected chi connectivity index (χ2v) is 8.78. The molecule has 0 radical (unpaired) electrons. The van der Waals surface area contributed by atoms with Crippen molar-refractivity contribution < 1.29 is 14.0 Å². The number of anilines is 1. The molecule has 8 heteroatoms. The first kappa shape index (κ1) is 19.9. The summed E-state index contributed by atoms with van der Waals surface area (Å²) in [5, 5.41) is 2.75. The fourth-order valence-electron chi connectivity index (χ4n) is 5.20. The molecule has 2 unspecified atom stereocenters. The van der Waals surface area contributed by atoms with Crippen LogP contribution in [0.3, 0.4) is 0 Å². The molecule has 4 rings (SSSR count). The minimum absolute atomic E-state index is 0.0397. The fraction of sp³-hybridized carbons (Fsp3) is 0.476. The van der Waals surface area contributed by atoms with Crippen molar-refractivity contribution in [2.45, 2.75) is 38.0 Å². The van der Waals surface area contributed by atoms with E-state index >= 15 is 0 Å². The van der Waals surface area contributed by atoms with Crippen molar-refractivity contribution >= 4 is 29.1 Å². The predicted molar refractivity (Wildman–Crippen MR) is 108 cm³/mol. The topological polar surface area (TPSA) is 90.0 Å². The van der Waals surface area contributed by atoms with Gasteiger partial charge < -0.3 is 15.6 Å². The molecule has 2 aromatic rings. The van der Waals surface area contributed by atoms with Crippen LogP contribution in [0.15, 0.2) is 24.5 Å². The number of hydrogen-bond donors (Lipinski definition) is 2. The zero-order valence-electron chi connectivity index (χ0n) is 16.2. The first-order valence-corrected chi connectivity index (χ1v) is 10.3. The average Bonchev–Trinajstić information content (AvgIpc) is 3.30. The van der Waals surface area contributed by atoms with Gasteiger partial charge in [0.05, 0.1) is 17.0 Å². The Morgan fingerprint density at radius 3 is 2.59 bits per heavy atom. The quantitative estimate of drug-likeness (QED) is 0.772. The van der Waals surface area contributed by atoms with Crippen molar-refractivity contribution in [3.05, 3.63) is 46.8 Å². The molecule has 2 atom stereocenters. The summed E-state index contributed by atoms with van der Waals surface area (Å²) in [7, 11) is 1.79. The lowest BCUT2D eigenvalue weighted by atomic mass is 9.93. The summed E-state index contributed by atoms with van der Waals surface area (Å²) < 4.78 is 15.1. The monoisotopic (exact) mass is 418 g/mol. The lowest BCUT2D eigenvalue weighted by molar-refractivity contribution is -0.118. The number of rotatable bonds is 5. The number of carbonyl (C=O) groups excluding carboxylic acids is 2. The first-order valence-electron chi connectivity index (χ1n) is 9.87. The highest BCUT2D eigenvalue weighted by molar-refractivity contribution is 6.31. The number of carbonyl (C=O) groups is 2. The maximum Gasteiger partial charge on any atom is 0.274 e. The van der Waals surface area contributed by atoms with Crippen LogP contribution in [0.5, 0.6) is 0 Å². The van der Waals surface area contributed by atoms with Crippen molar-refractivity contribution in [1.29, 1.82) is 0 Å². The lowest BCUT2D eigenvalue weighted by Crippen LogP contribution is -2.19. The SMILES string of the molecule is Cn1cnc(C2CC3CC(CC(N)=O)CC3C2)c1C(=O)Nc1ccc(F)c(Cl)c1. The zero-order valence-corrected chi connectivity index (χ0v) is 17.0. The van der Waals surface area contributed by atoms with Crippen molar-refractivity contribution in [2.75, 3.05) is 5.32 Å². The summed E-state index contributed by atoms with van der Waals surface area (Å²) in [5.41, 5.74) is 7.11. The number of primary amides is 1. The van der Waals surface area contributed by atoms with E-state index in [-0.39, 0.29) is 22.8 Å². The van der Waals surface area contributed by atoms with Crippen molar-refractivity contribution in [3.63, 3.8) is 0 Å². The van der Waals surface area contributed by atoms with Gasteiger partial charge in [0.15, 0.2) is 0 Å². The highest BCUT2D eigenvalue weighted by Crippen LogP contribution is 2.53. The van der Waals surface area contributed by atoms with Crippen molar-refractivity contribution in [1.82, 2.24) is 9.55 Å². The van der Waals surface area contributed by atoms with Gasteiger partial charge in [-0.2, -0.15) is 0 Å². The van der Waals surface area contributed by atoms with E-state index in [2.05, 4.69) is 10.3 Å². The molecule has 1 aromatic heterocycles. The van der Waals surface area contributed by atoms with E-state index in [4.69, 9.17) is 17.3 Å². The van der Waals surface area contributed by atoms with Gasteiger partial charge in [0.2, 0.25) is 5.91 Å². The minimum Gasteiger partial charge on any atom is -0.370 e. The van der Waals surface area contributed by atoms with E-state index in [9.17, 15) is 14.0 Å². The van der Waals surface area contributed by atoms with Gasteiger partial charge in [0.1, 0.15) is 11.5 Å². The van der Waals surface area contributed by atoms with Crippen LogP contribution >= 0.6 is 11.6 Å². The molecule has 154 valence electrons. The second kappa shape index (κ2) is 7.78. The van der Waals surface area contributed by atoms with Crippen molar-refractivity contribution in [3.8, 4) is 0 Å². The molecule has 0 saturated heterocycles. The number of aryl methyl sites for hydroxylation is 1. The molecule has 2 fully saturated rings. The molecule has 0 bridgehead atoms. The molecule has 2 aliphatic carbocycles. The largest absolute Gasteiger partial charge is 0.370 e. The lowest BCUT2D eigenvalue weighted by Gasteiger charge is -2.15. The molecule has 3 N–H and O–H groups in total. The third-order valence-electron chi connectivity index (χ3n) is 6.35. The van der Waals surface area contributed by atoms with Crippen molar-refractivity contribution in [2.24, 2.45) is 30.5 Å². The molecule has 2 saturated carbocycles. The van der Waals surface area contributed by atoms with Crippen LogP contribution in [0.2, 0.25) is 5.02 Å². The van der Waals surface area contributed by atoms with Gasteiger partial charge in [-0.05, 0) is 61.6 Å². The number of hydrogen-bond acceptors (Lipinski definition) is 3. The van der Waals surface area contributed by atoms with Gasteiger partial charge in [-0.3, -0.25) is 9.59 Å². The number of nitrogens with two attached hydrogens (primary N) is 1. The van der Waals surface area contributed by atoms with E-state index in [1.807, 2.05) is 0 Å². The molecule has 29 heavy (non-hydrogen) atoms. The summed E-state index contributed by atoms with van der Waals surface area (Å²) in [6.07, 6.45) is 6.11. The van der Waals surface area contributed by atoms with Gasteiger partial charge in [0.25, 0.3) is 5.91 Å². The van der Waals surface area contributed by atoms with Gasteiger partial charge in [-0.15, -0.1) is 0 Å². The maximum atomic E-state index is 13.4. The summed E-state index contributed by atoms with van der Waals surface area (Å²) in [5.74, 6) is 0.674. The Balaban J connectivity index is 1.48. The van der Waals surface area contributed by atoms with E-state index in [0.717, 1.165) is 31.4 Å². The third kappa shape index (κ3) is 4.01. The Labute approximate surface area is 173 Å². The van der Waals surface area contributed by atoms with Crippen LogP contribution < -0.4 is 11.1 Å². The standard InChI is InChI=1S/C21H24ClFN4O2/c1-27-10-25-19(14-7-12-4-11(6-18(24)28)5-13(12)8-14)20(27)21(29)26-15-2-3-17(23)16(22)9-15/h2-3,9-14H,4-8H2,1H3,(H2,24,28)(H,26,29). The molecule has 6 nitrogen and oxygen atoms in total. The Hall–Kier alpha value is -2.41. The molecular weight excluding hydrogens is 395 g/mol. The Morgan fingerprint density at radius 2 is 1.97 bits per heavy atom. The molecule has 0 spiro atoms. The molecule has 0 aliphatic heterocycles. The van der Waals surface area contributed by atoms with Gasteiger partial charge in [0, 0.05) is 25.1 Å².